The van der Waals surface area contributed by atoms with Gasteiger partial charge in [0.15, 0.2) is 0 Å². The number of nitrogens with one attached hydrogen (secondary N) is 1. The van der Waals surface area contributed by atoms with E-state index in [0.717, 1.165) is 5.56 Å². The van der Waals surface area contributed by atoms with Gasteiger partial charge in [-0.15, -0.1) is 0 Å². The normalized spacial score (nSPS) is 9.95. The van der Waals surface area contributed by atoms with Gasteiger partial charge >= 0.3 is 5.97 Å². The summed E-state index contributed by atoms with van der Waals surface area (Å²) < 4.78 is 4.64. The third-order valence-electron chi connectivity index (χ3n) is 2.96. The average molecular weight is 284 g/mol. The molecule has 2 rings (SSSR count). The standard InChI is InChI=1S/C16H16N2O3/c1-21-16(20)12-7-8-13(17)14(10-12)18-15(19)9-11-5-3-2-4-6-11/h2-8,10H,9,17H2,1H3,(H,18,19). The summed E-state index contributed by atoms with van der Waals surface area (Å²) in [5.41, 5.74) is 7.84. The van der Waals surface area contributed by atoms with Crippen molar-refractivity contribution in [2.45, 2.75) is 6.42 Å². The highest BCUT2D eigenvalue weighted by molar-refractivity contribution is 5.98. The van der Waals surface area contributed by atoms with Crippen LogP contribution in [0.4, 0.5) is 11.4 Å². The van der Waals surface area contributed by atoms with Crippen LogP contribution in [0, 0.1) is 0 Å². The molecule has 0 fully saturated rings. The molecule has 3 N–H and O–H groups in total. The predicted molar refractivity (Wildman–Crippen MR) is 81.0 cm³/mol. The summed E-state index contributed by atoms with van der Waals surface area (Å²) in [5.74, 6) is -0.677. The number of methoxy groups -OCH3 is 1. The van der Waals surface area contributed by atoms with Gasteiger partial charge in [0, 0.05) is 0 Å². The molecule has 2 aromatic rings. The molecule has 2 aromatic carbocycles. The molecule has 0 saturated carbocycles. The number of hydrogen-bond donors (Lipinski definition) is 2. The Morgan fingerprint density at radius 2 is 1.86 bits per heavy atom. The molecule has 0 bridgehead atoms. The van der Waals surface area contributed by atoms with Crippen molar-refractivity contribution in [3.8, 4) is 0 Å². The zero-order valence-electron chi connectivity index (χ0n) is 11.6. The van der Waals surface area contributed by atoms with Crippen molar-refractivity contribution in [2.24, 2.45) is 0 Å². The van der Waals surface area contributed by atoms with Gasteiger partial charge in [0.1, 0.15) is 0 Å². The number of nitrogens with two attached hydrogens (primary N) is 1. The van der Waals surface area contributed by atoms with Crippen molar-refractivity contribution in [1.29, 1.82) is 0 Å². The number of ether oxygens (including phenoxy) is 1. The van der Waals surface area contributed by atoms with Crippen molar-refractivity contribution in [2.75, 3.05) is 18.2 Å². The Hall–Kier alpha value is -2.82. The Labute approximate surface area is 122 Å². The fraction of sp³-hybridized carbons (Fsp3) is 0.125. The SMILES string of the molecule is COC(=O)c1ccc(N)c(NC(=O)Cc2ccccc2)c1. The topological polar surface area (TPSA) is 81.4 Å². The molecule has 108 valence electrons. The van der Waals surface area contributed by atoms with Crippen LogP contribution in [0.3, 0.4) is 0 Å². The lowest BCUT2D eigenvalue weighted by molar-refractivity contribution is -0.115. The summed E-state index contributed by atoms with van der Waals surface area (Å²) >= 11 is 0. The van der Waals surface area contributed by atoms with Crippen molar-refractivity contribution >= 4 is 23.3 Å². The first-order valence-corrected chi connectivity index (χ1v) is 6.42. The molecular weight excluding hydrogens is 268 g/mol. The minimum atomic E-state index is -0.478. The number of benzene rings is 2. The highest BCUT2D eigenvalue weighted by Crippen LogP contribution is 2.20. The molecule has 0 unspecified atom stereocenters. The van der Waals surface area contributed by atoms with Gasteiger partial charge in [-0.1, -0.05) is 30.3 Å². The molecule has 0 aliphatic carbocycles. The molecule has 0 spiro atoms. The van der Waals surface area contributed by atoms with Gasteiger partial charge in [-0.3, -0.25) is 4.79 Å². The second-order valence-corrected chi connectivity index (χ2v) is 4.50. The average Bonchev–Trinajstić information content (AvgIpc) is 2.49. The number of nitrogen functional groups attached to an aromatic ring is 1. The Kier molecular flexibility index (Phi) is 4.56. The zero-order valence-corrected chi connectivity index (χ0v) is 11.6. The third kappa shape index (κ3) is 3.82. The molecule has 5 heteroatoms. The van der Waals surface area contributed by atoms with Gasteiger partial charge in [-0.05, 0) is 23.8 Å². The molecule has 0 radical (unpaired) electrons. The van der Waals surface area contributed by atoms with Crippen LogP contribution >= 0.6 is 0 Å². The smallest absolute Gasteiger partial charge is 0.337 e. The summed E-state index contributed by atoms with van der Waals surface area (Å²) in [6.07, 6.45) is 0.239. The van der Waals surface area contributed by atoms with Crippen LogP contribution in [0.5, 0.6) is 0 Å². The summed E-state index contributed by atoms with van der Waals surface area (Å²) in [7, 11) is 1.30. The molecule has 0 atom stereocenters. The number of amides is 1. The van der Waals surface area contributed by atoms with Gasteiger partial charge in [-0.25, -0.2) is 4.79 Å². The molecule has 0 aliphatic rings. The number of carbonyl (C=O) groups excluding carboxylic acids is 2. The predicted octanol–water partition coefficient (Wildman–Crippen LogP) is 2.24. The molecule has 0 heterocycles. The zero-order chi connectivity index (χ0) is 15.2. The maximum atomic E-state index is 12.0. The van der Waals surface area contributed by atoms with E-state index in [9.17, 15) is 9.59 Å². The van der Waals surface area contributed by atoms with Gasteiger partial charge in [0.25, 0.3) is 0 Å². The maximum Gasteiger partial charge on any atom is 0.337 e. The van der Waals surface area contributed by atoms with E-state index in [2.05, 4.69) is 10.1 Å². The van der Waals surface area contributed by atoms with E-state index >= 15 is 0 Å². The van der Waals surface area contributed by atoms with Crippen LogP contribution in [0.25, 0.3) is 0 Å². The number of rotatable bonds is 4. The van der Waals surface area contributed by atoms with Crippen molar-refractivity contribution < 1.29 is 14.3 Å². The molecule has 21 heavy (non-hydrogen) atoms. The second-order valence-electron chi connectivity index (χ2n) is 4.50. The number of carbonyl (C=O) groups is 2. The quantitative estimate of drug-likeness (QED) is 0.666. The Morgan fingerprint density at radius 3 is 2.52 bits per heavy atom. The Bertz CT molecular complexity index is 654. The van der Waals surface area contributed by atoms with Crippen LogP contribution in [0.15, 0.2) is 48.5 Å². The monoisotopic (exact) mass is 284 g/mol. The van der Waals surface area contributed by atoms with Crippen LogP contribution in [-0.2, 0) is 16.0 Å². The highest BCUT2D eigenvalue weighted by atomic mass is 16.5. The van der Waals surface area contributed by atoms with Crippen molar-refractivity contribution in [3.63, 3.8) is 0 Å². The molecule has 5 nitrogen and oxygen atoms in total. The lowest BCUT2D eigenvalue weighted by Crippen LogP contribution is -2.16. The first-order chi connectivity index (χ1) is 10.1. The van der Waals surface area contributed by atoms with Crippen LogP contribution in [0.2, 0.25) is 0 Å². The highest BCUT2D eigenvalue weighted by Gasteiger charge is 2.11. The first-order valence-electron chi connectivity index (χ1n) is 6.42. The lowest BCUT2D eigenvalue weighted by Gasteiger charge is -2.10. The van der Waals surface area contributed by atoms with Crippen molar-refractivity contribution in [1.82, 2.24) is 0 Å². The maximum absolute atomic E-state index is 12.0. The minimum Gasteiger partial charge on any atom is -0.465 e. The first kappa shape index (κ1) is 14.6. The van der Waals surface area contributed by atoms with Crippen molar-refractivity contribution in [3.05, 3.63) is 59.7 Å². The fourth-order valence-electron chi connectivity index (χ4n) is 1.89. The van der Waals surface area contributed by atoms with Crippen LogP contribution in [0.1, 0.15) is 15.9 Å². The van der Waals surface area contributed by atoms with Gasteiger partial charge in [0.2, 0.25) is 5.91 Å². The van der Waals surface area contributed by atoms with E-state index in [1.807, 2.05) is 30.3 Å². The molecule has 1 amide bonds. The van der Waals surface area contributed by atoms with E-state index in [1.54, 1.807) is 12.1 Å². The van der Waals surface area contributed by atoms with Crippen LogP contribution < -0.4 is 11.1 Å². The van der Waals surface area contributed by atoms with Crippen LogP contribution in [-0.4, -0.2) is 19.0 Å². The summed E-state index contributed by atoms with van der Waals surface area (Å²) in [6, 6.07) is 14.0. The second kappa shape index (κ2) is 6.56. The molecule has 0 aliphatic heterocycles. The number of esters is 1. The Morgan fingerprint density at radius 1 is 1.14 bits per heavy atom. The van der Waals surface area contributed by atoms with Gasteiger partial charge < -0.3 is 15.8 Å². The van der Waals surface area contributed by atoms with Gasteiger partial charge in [-0.2, -0.15) is 0 Å². The largest absolute Gasteiger partial charge is 0.465 e. The summed E-state index contributed by atoms with van der Waals surface area (Å²) in [5, 5.41) is 2.71. The minimum absolute atomic E-state index is 0.199. The van der Waals surface area contributed by atoms with Gasteiger partial charge in [0.05, 0.1) is 30.5 Å². The summed E-state index contributed by atoms with van der Waals surface area (Å²) in [4.78, 5) is 23.5. The summed E-state index contributed by atoms with van der Waals surface area (Å²) in [6.45, 7) is 0. The molecule has 0 saturated heterocycles. The van der Waals surface area contributed by atoms with E-state index in [-0.39, 0.29) is 12.3 Å². The molecular formula is C16H16N2O3. The Balaban J connectivity index is 2.11. The number of anilines is 2. The van der Waals surface area contributed by atoms with E-state index in [4.69, 9.17) is 5.73 Å². The van der Waals surface area contributed by atoms with E-state index in [1.165, 1.54) is 13.2 Å². The third-order valence-corrected chi connectivity index (χ3v) is 2.96. The lowest BCUT2D eigenvalue weighted by atomic mass is 10.1. The fourth-order valence-corrected chi connectivity index (χ4v) is 1.89. The van der Waals surface area contributed by atoms with E-state index < -0.39 is 5.97 Å². The molecule has 0 aromatic heterocycles. The van der Waals surface area contributed by atoms with E-state index in [0.29, 0.717) is 16.9 Å². The number of hydrogen-bond acceptors (Lipinski definition) is 4.